The first-order chi connectivity index (χ1) is 13.7. The summed E-state index contributed by atoms with van der Waals surface area (Å²) in [4.78, 5) is 12.8. The highest BCUT2D eigenvalue weighted by molar-refractivity contribution is 5.96. The molecule has 1 fully saturated rings. The van der Waals surface area contributed by atoms with Crippen molar-refractivity contribution in [3.05, 3.63) is 65.7 Å². The minimum absolute atomic E-state index is 0.0418. The van der Waals surface area contributed by atoms with Gasteiger partial charge >= 0.3 is 0 Å². The highest BCUT2D eigenvalue weighted by Crippen LogP contribution is 2.39. The third-order valence-electron chi connectivity index (χ3n) is 5.85. The molecule has 1 amide bonds. The predicted octanol–water partition coefficient (Wildman–Crippen LogP) is 2.85. The average Bonchev–Trinajstić information content (AvgIpc) is 2.77. The second-order valence-corrected chi connectivity index (χ2v) is 7.55. The number of methoxy groups -OCH3 is 1. The van der Waals surface area contributed by atoms with Crippen LogP contribution in [0.25, 0.3) is 0 Å². The molecule has 0 spiro atoms. The standard InChI is InChI=1S/C23H31N3O2/c1-28-21-10-6-5-9-20(21)22(27)26-17-23(18-7-3-2-4-8-18)13-11-19(12-14-23)25-16-15-24/h2-10,19,25H,11-17,24H2,1H3,(H,26,27). The van der Waals surface area contributed by atoms with Crippen molar-refractivity contribution in [3.8, 4) is 5.75 Å². The average molecular weight is 382 g/mol. The number of ether oxygens (including phenoxy) is 1. The lowest BCUT2D eigenvalue weighted by atomic mass is 9.68. The molecule has 4 N–H and O–H groups in total. The van der Waals surface area contributed by atoms with Crippen LogP contribution in [0.3, 0.4) is 0 Å². The summed E-state index contributed by atoms with van der Waals surface area (Å²) in [6, 6.07) is 18.4. The molecule has 1 aliphatic rings. The van der Waals surface area contributed by atoms with Gasteiger partial charge in [-0.2, -0.15) is 0 Å². The summed E-state index contributed by atoms with van der Waals surface area (Å²) in [5.74, 6) is 0.514. The Balaban J connectivity index is 1.73. The zero-order chi connectivity index (χ0) is 19.8. The topological polar surface area (TPSA) is 76.4 Å². The van der Waals surface area contributed by atoms with Gasteiger partial charge in [-0.3, -0.25) is 4.79 Å². The number of nitrogens with two attached hydrogens (primary N) is 1. The molecule has 0 radical (unpaired) electrons. The smallest absolute Gasteiger partial charge is 0.255 e. The lowest BCUT2D eigenvalue weighted by molar-refractivity contribution is 0.0931. The van der Waals surface area contributed by atoms with Crippen LogP contribution in [-0.2, 0) is 5.41 Å². The predicted molar refractivity (Wildman–Crippen MR) is 113 cm³/mol. The molecule has 0 aliphatic heterocycles. The van der Waals surface area contributed by atoms with Crippen molar-refractivity contribution in [2.24, 2.45) is 5.73 Å². The fraction of sp³-hybridized carbons (Fsp3) is 0.435. The third kappa shape index (κ3) is 4.72. The van der Waals surface area contributed by atoms with Gasteiger partial charge in [0.1, 0.15) is 5.75 Å². The fourth-order valence-electron chi connectivity index (χ4n) is 4.20. The number of carbonyl (C=O) groups is 1. The second-order valence-electron chi connectivity index (χ2n) is 7.55. The maximum atomic E-state index is 12.8. The minimum atomic E-state index is -0.0869. The van der Waals surface area contributed by atoms with Crippen LogP contribution in [0.15, 0.2) is 54.6 Å². The van der Waals surface area contributed by atoms with Crippen LogP contribution in [0.4, 0.5) is 0 Å². The van der Waals surface area contributed by atoms with Gasteiger partial charge < -0.3 is 21.1 Å². The molecule has 5 nitrogen and oxygen atoms in total. The van der Waals surface area contributed by atoms with Crippen molar-refractivity contribution < 1.29 is 9.53 Å². The van der Waals surface area contributed by atoms with E-state index >= 15 is 0 Å². The summed E-state index contributed by atoms with van der Waals surface area (Å²) in [6.07, 6.45) is 4.23. The highest BCUT2D eigenvalue weighted by atomic mass is 16.5. The maximum Gasteiger partial charge on any atom is 0.255 e. The molecule has 0 saturated heterocycles. The number of amides is 1. The van der Waals surface area contributed by atoms with Crippen molar-refractivity contribution in [1.82, 2.24) is 10.6 Å². The number of nitrogens with one attached hydrogen (secondary N) is 2. The molecule has 3 rings (SSSR count). The van der Waals surface area contributed by atoms with Crippen LogP contribution in [0.1, 0.15) is 41.6 Å². The number of carbonyl (C=O) groups excluding carboxylic acids is 1. The van der Waals surface area contributed by atoms with Crippen LogP contribution in [0.2, 0.25) is 0 Å². The largest absolute Gasteiger partial charge is 0.496 e. The van der Waals surface area contributed by atoms with E-state index in [0.717, 1.165) is 32.2 Å². The fourth-order valence-corrected chi connectivity index (χ4v) is 4.20. The summed E-state index contributed by atoms with van der Waals surface area (Å²) < 4.78 is 5.34. The van der Waals surface area contributed by atoms with Crippen molar-refractivity contribution in [2.75, 3.05) is 26.7 Å². The molecular weight excluding hydrogens is 350 g/mol. The quantitative estimate of drug-likeness (QED) is 0.657. The number of benzene rings is 2. The van der Waals surface area contributed by atoms with Crippen LogP contribution in [0, 0.1) is 0 Å². The molecule has 5 heteroatoms. The van der Waals surface area contributed by atoms with E-state index in [9.17, 15) is 4.79 Å². The Morgan fingerprint density at radius 2 is 1.79 bits per heavy atom. The number of hydrogen-bond acceptors (Lipinski definition) is 4. The molecule has 0 unspecified atom stereocenters. The molecule has 0 bridgehead atoms. The monoisotopic (exact) mass is 381 g/mol. The van der Waals surface area contributed by atoms with E-state index in [1.54, 1.807) is 13.2 Å². The first kappa shape index (κ1) is 20.4. The Labute approximate surface area is 167 Å². The van der Waals surface area contributed by atoms with E-state index in [2.05, 4.69) is 34.9 Å². The van der Waals surface area contributed by atoms with E-state index < -0.39 is 0 Å². The number of hydrogen-bond donors (Lipinski definition) is 3. The summed E-state index contributed by atoms with van der Waals surface area (Å²) in [6.45, 7) is 2.14. The first-order valence-electron chi connectivity index (χ1n) is 10.1. The lowest BCUT2D eigenvalue weighted by Gasteiger charge is -2.41. The minimum Gasteiger partial charge on any atom is -0.496 e. The molecule has 0 aromatic heterocycles. The number of para-hydroxylation sites is 1. The third-order valence-corrected chi connectivity index (χ3v) is 5.85. The Bertz CT molecular complexity index is 755. The zero-order valence-electron chi connectivity index (χ0n) is 16.6. The van der Waals surface area contributed by atoms with Gasteiger partial charge in [0.05, 0.1) is 12.7 Å². The maximum absolute atomic E-state index is 12.8. The molecule has 2 aromatic rings. The Morgan fingerprint density at radius 1 is 1.11 bits per heavy atom. The van der Waals surface area contributed by atoms with E-state index in [1.807, 2.05) is 24.3 Å². The molecular formula is C23H31N3O2. The SMILES string of the molecule is COc1ccccc1C(=O)NCC1(c2ccccc2)CCC(NCCN)CC1. The summed E-state index contributed by atoms with van der Waals surface area (Å²) in [7, 11) is 1.59. The van der Waals surface area contributed by atoms with Gasteiger partial charge in [0.25, 0.3) is 5.91 Å². The number of rotatable bonds is 8. The van der Waals surface area contributed by atoms with E-state index in [1.165, 1.54) is 5.56 Å². The second kappa shape index (κ2) is 9.71. The van der Waals surface area contributed by atoms with E-state index in [4.69, 9.17) is 10.5 Å². The van der Waals surface area contributed by atoms with Gasteiger partial charge in [-0.25, -0.2) is 0 Å². The van der Waals surface area contributed by atoms with Gasteiger partial charge in [0.15, 0.2) is 0 Å². The van der Waals surface area contributed by atoms with Crippen molar-refractivity contribution in [2.45, 2.75) is 37.1 Å². The molecule has 150 valence electrons. The van der Waals surface area contributed by atoms with Crippen LogP contribution < -0.4 is 21.1 Å². The van der Waals surface area contributed by atoms with Crippen molar-refractivity contribution >= 4 is 5.91 Å². The molecule has 0 atom stereocenters. The zero-order valence-corrected chi connectivity index (χ0v) is 16.6. The summed E-state index contributed by atoms with van der Waals surface area (Å²) in [5.41, 5.74) is 7.46. The molecule has 1 aliphatic carbocycles. The Kier molecular flexibility index (Phi) is 7.06. The molecule has 28 heavy (non-hydrogen) atoms. The van der Waals surface area contributed by atoms with Gasteiger partial charge in [0.2, 0.25) is 0 Å². The summed E-state index contributed by atoms with van der Waals surface area (Å²) >= 11 is 0. The first-order valence-corrected chi connectivity index (χ1v) is 10.1. The lowest BCUT2D eigenvalue weighted by Crippen LogP contribution is -2.47. The van der Waals surface area contributed by atoms with Crippen molar-refractivity contribution in [1.29, 1.82) is 0 Å². The Hall–Kier alpha value is -2.37. The molecule has 2 aromatic carbocycles. The molecule has 0 heterocycles. The van der Waals surface area contributed by atoms with Gasteiger partial charge in [-0.1, -0.05) is 42.5 Å². The van der Waals surface area contributed by atoms with E-state index in [-0.39, 0.29) is 11.3 Å². The van der Waals surface area contributed by atoms with Crippen LogP contribution in [0.5, 0.6) is 5.75 Å². The Morgan fingerprint density at radius 3 is 2.46 bits per heavy atom. The van der Waals surface area contributed by atoms with Crippen molar-refractivity contribution in [3.63, 3.8) is 0 Å². The normalized spacial score (nSPS) is 21.9. The van der Waals surface area contributed by atoms with Crippen LogP contribution in [-0.4, -0.2) is 38.7 Å². The highest BCUT2D eigenvalue weighted by Gasteiger charge is 2.37. The van der Waals surface area contributed by atoms with Gasteiger partial charge in [0, 0.05) is 31.1 Å². The van der Waals surface area contributed by atoms with Gasteiger partial charge in [-0.05, 0) is 43.4 Å². The van der Waals surface area contributed by atoms with E-state index in [0.29, 0.717) is 30.4 Å². The molecule has 1 saturated carbocycles. The van der Waals surface area contributed by atoms with Gasteiger partial charge in [-0.15, -0.1) is 0 Å². The van der Waals surface area contributed by atoms with Crippen LogP contribution >= 0.6 is 0 Å². The summed E-state index contributed by atoms with van der Waals surface area (Å²) in [5, 5.41) is 6.72.